The van der Waals surface area contributed by atoms with Gasteiger partial charge in [0.1, 0.15) is 0 Å². The average Bonchev–Trinajstić information content (AvgIpc) is 2.44. The second-order valence-electron chi connectivity index (χ2n) is 3.97. The highest BCUT2D eigenvalue weighted by atomic mass is 35.5. The van der Waals surface area contributed by atoms with Crippen molar-refractivity contribution in [3.63, 3.8) is 0 Å². The predicted octanol–water partition coefficient (Wildman–Crippen LogP) is 6.10. The maximum atomic E-state index is 5.88. The van der Waals surface area contributed by atoms with Gasteiger partial charge < -0.3 is 10.2 Å². The molecule has 0 unspecified atom stereocenters. The summed E-state index contributed by atoms with van der Waals surface area (Å²) in [5, 5.41) is 8.18. The van der Waals surface area contributed by atoms with Crippen molar-refractivity contribution in [1.29, 1.82) is 0 Å². The van der Waals surface area contributed by atoms with Crippen molar-refractivity contribution in [3.8, 4) is 0 Å². The minimum atomic E-state index is -2.01. The molecule has 0 aromatic heterocycles. The van der Waals surface area contributed by atoms with E-state index < -0.39 is 5.54 Å². The monoisotopic (exact) mass is 362 g/mol. The van der Waals surface area contributed by atoms with Crippen molar-refractivity contribution in [2.45, 2.75) is 0 Å². The summed E-state index contributed by atoms with van der Waals surface area (Å²) in [5.74, 6) is 0. The molecule has 2 rings (SSSR count). The number of halogens is 2. The molecule has 0 atom stereocenters. The summed E-state index contributed by atoms with van der Waals surface area (Å²) in [4.78, 5) is 0. The molecular weight excluding hydrogens is 350 g/mol. The second-order valence-corrected chi connectivity index (χ2v) is 11.8. The van der Waals surface area contributed by atoms with Crippen LogP contribution < -0.4 is 10.2 Å². The maximum absolute atomic E-state index is 5.88. The van der Waals surface area contributed by atoms with Crippen molar-refractivity contribution < 1.29 is 0 Å². The Kier molecular flexibility index (Phi) is 5.65. The van der Waals surface area contributed by atoms with Crippen molar-refractivity contribution >= 4 is 63.3 Å². The van der Waals surface area contributed by atoms with Gasteiger partial charge in [-0.25, -0.2) is 0 Å². The van der Waals surface area contributed by atoms with Crippen LogP contribution in [0, 0.1) is 0 Å². The Bertz CT molecular complexity index is 566. The highest BCUT2D eigenvalue weighted by molar-refractivity contribution is 8.71. The first-order chi connectivity index (χ1) is 9.50. The van der Waals surface area contributed by atoms with Crippen LogP contribution in [0.2, 0.25) is 10.0 Å². The van der Waals surface area contributed by atoms with Crippen LogP contribution in [0.1, 0.15) is 0 Å². The lowest BCUT2D eigenvalue weighted by molar-refractivity contribution is 1.65. The minimum absolute atomic E-state index is 0.707. The van der Waals surface area contributed by atoms with Gasteiger partial charge in [0.15, 0.2) is 5.54 Å². The molecule has 2 nitrogen and oxygen atoms in total. The molecule has 0 bridgehead atoms. The van der Waals surface area contributed by atoms with Crippen molar-refractivity contribution in [2.24, 2.45) is 0 Å². The molecule has 0 saturated carbocycles. The molecule has 106 valence electrons. The van der Waals surface area contributed by atoms with Crippen LogP contribution in [0.3, 0.4) is 0 Å². The summed E-state index contributed by atoms with van der Waals surface area (Å²) >= 11 is 19.1. The Hall–Kier alpha value is -0.380. The van der Waals surface area contributed by atoms with Gasteiger partial charge in [0.2, 0.25) is 0 Å². The first kappa shape index (κ1) is 16.0. The first-order valence-corrected chi connectivity index (χ1v) is 11.1. The zero-order valence-electron chi connectivity index (χ0n) is 10.6. The van der Waals surface area contributed by atoms with Crippen molar-refractivity contribution in [3.05, 3.63) is 58.6 Å². The van der Waals surface area contributed by atoms with E-state index in [-0.39, 0.29) is 0 Å². The second kappa shape index (κ2) is 7.06. The zero-order chi connectivity index (χ0) is 14.6. The first-order valence-electron chi connectivity index (χ1n) is 5.74. The van der Waals surface area contributed by atoms with Crippen LogP contribution in [0.5, 0.6) is 0 Å². The van der Waals surface area contributed by atoms with E-state index in [1.807, 2.05) is 54.8 Å². The third-order valence-electron chi connectivity index (χ3n) is 2.50. The number of hydrogen-bond donors (Lipinski definition) is 2. The highest BCUT2D eigenvalue weighted by Crippen LogP contribution is 2.56. The fraction of sp³-hybridized carbons (Fsp3) is 0.0769. The highest BCUT2D eigenvalue weighted by Gasteiger charge is 2.15. The van der Waals surface area contributed by atoms with Crippen LogP contribution in [0.4, 0.5) is 11.4 Å². The summed E-state index contributed by atoms with van der Waals surface area (Å²) in [7, 11) is 0. The summed E-state index contributed by atoms with van der Waals surface area (Å²) in [6.07, 6.45) is 1.99. The normalized spacial score (nSPS) is 11.2. The summed E-state index contributed by atoms with van der Waals surface area (Å²) < 4.78 is 0. The SMILES string of the molecule is CSP(=S)(Nc1ccc(Cl)cc1)Nc1ccc(Cl)cc1. The molecule has 0 amide bonds. The van der Waals surface area contributed by atoms with Gasteiger partial charge in [0, 0.05) is 21.4 Å². The van der Waals surface area contributed by atoms with Crippen LogP contribution in [0.25, 0.3) is 0 Å². The summed E-state index contributed by atoms with van der Waals surface area (Å²) in [6, 6.07) is 15.0. The van der Waals surface area contributed by atoms with Crippen LogP contribution in [-0.4, -0.2) is 6.26 Å². The van der Waals surface area contributed by atoms with E-state index in [0.717, 1.165) is 11.4 Å². The molecule has 7 heteroatoms. The molecule has 2 aromatic rings. The Labute approximate surface area is 138 Å². The van der Waals surface area contributed by atoms with Gasteiger partial charge in [0.05, 0.1) is 0 Å². The minimum Gasteiger partial charge on any atom is -0.334 e. The summed E-state index contributed by atoms with van der Waals surface area (Å²) in [5.41, 5.74) is -0.106. The quantitative estimate of drug-likeness (QED) is 0.627. The van der Waals surface area contributed by atoms with E-state index in [9.17, 15) is 0 Å². The topological polar surface area (TPSA) is 24.1 Å². The van der Waals surface area contributed by atoms with Gasteiger partial charge in [-0.3, -0.25) is 0 Å². The Balaban J connectivity index is 2.14. The largest absolute Gasteiger partial charge is 0.334 e. The lowest BCUT2D eigenvalue weighted by Gasteiger charge is -2.24. The molecule has 0 radical (unpaired) electrons. The number of rotatable bonds is 5. The lowest BCUT2D eigenvalue weighted by atomic mass is 10.3. The van der Waals surface area contributed by atoms with E-state index in [1.54, 1.807) is 11.4 Å². The fourth-order valence-corrected chi connectivity index (χ4v) is 4.79. The molecule has 0 saturated heterocycles. The smallest absolute Gasteiger partial charge is 0.174 e. The predicted molar refractivity (Wildman–Crippen MR) is 97.9 cm³/mol. The molecule has 20 heavy (non-hydrogen) atoms. The van der Waals surface area contributed by atoms with E-state index in [4.69, 9.17) is 35.0 Å². The zero-order valence-corrected chi connectivity index (χ0v) is 14.7. The van der Waals surface area contributed by atoms with Gasteiger partial charge in [0.25, 0.3) is 0 Å². The third-order valence-corrected chi connectivity index (χ3v) is 8.60. The van der Waals surface area contributed by atoms with E-state index in [1.165, 1.54) is 0 Å². The molecule has 2 aromatic carbocycles. The Morgan fingerprint density at radius 1 is 0.850 bits per heavy atom. The number of anilines is 2. The Morgan fingerprint density at radius 3 is 1.50 bits per heavy atom. The standard InChI is InChI=1S/C13H13Cl2N2PS2/c1-20-18(19,16-12-6-2-10(14)3-7-12)17-13-8-4-11(15)5-9-13/h2-9H,1H3,(H2,16,17,19). The molecule has 0 fully saturated rings. The molecule has 0 aliphatic heterocycles. The van der Waals surface area contributed by atoms with Gasteiger partial charge >= 0.3 is 0 Å². The third kappa shape index (κ3) is 4.57. The van der Waals surface area contributed by atoms with Crippen LogP contribution in [0.15, 0.2) is 48.5 Å². The van der Waals surface area contributed by atoms with E-state index >= 15 is 0 Å². The molecular formula is C13H13Cl2N2PS2. The maximum Gasteiger partial charge on any atom is 0.174 e. The van der Waals surface area contributed by atoms with Crippen molar-refractivity contribution in [1.82, 2.24) is 0 Å². The van der Waals surface area contributed by atoms with Crippen molar-refractivity contribution in [2.75, 3.05) is 16.4 Å². The molecule has 0 spiro atoms. The average molecular weight is 363 g/mol. The molecule has 0 aliphatic carbocycles. The number of benzene rings is 2. The lowest BCUT2D eigenvalue weighted by Crippen LogP contribution is -2.02. The van der Waals surface area contributed by atoms with Gasteiger partial charge in [-0.2, -0.15) is 0 Å². The number of hydrogen-bond acceptors (Lipinski definition) is 2. The number of nitrogens with one attached hydrogen (secondary N) is 2. The van der Waals surface area contributed by atoms with Gasteiger partial charge in [-0.05, 0) is 66.6 Å². The summed E-state index contributed by atoms with van der Waals surface area (Å²) in [6.45, 7) is 0. The van der Waals surface area contributed by atoms with E-state index in [0.29, 0.717) is 10.0 Å². The van der Waals surface area contributed by atoms with Gasteiger partial charge in [-0.15, -0.1) is 0 Å². The van der Waals surface area contributed by atoms with Crippen LogP contribution >= 0.6 is 40.1 Å². The molecule has 0 aliphatic rings. The van der Waals surface area contributed by atoms with Crippen LogP contribution in [-0.2, 0) is 11.8 Å². The Morgan fingerprint density at radius 2 is 1.20 bits per heavy atom. The van der Waals surface area contributed by atoms with Gasteiger partial charge in [-0.1, -0.05) is 34.6 Å². The fourth-order valence-electron chi connectivity index (χ4n) is 1.51. The molecule has 2 N–H and O–H groups in total. The van der Waals surface area contributed by atoms with E-state index in [2.05, 4.69) is 10.2 Å². The molecule has 0 heterocycles.